The van der Waals surface area contributed by atoms with E-state index in [0.717, 1.165) is 34.6 Å². The van der Waals surface area contributed by atoms with Crippen molar-refractivity contribution in [2.24, 2.45) is 0 Å². The first-order valence-electron chi connectivity index (χ1n) is 9.29. The molecule has 2 amide bonds. The van der Waals surface area contributed by atoms with Gasteiger partial charge in [-0.25, -0.2) is 0 Å². The quantitative estimate of drug-likeness (QED) is 0.866. The fourth-order valence-electron chi connectivity index (χ4n) is 3.52. The molecule has 2 aromatic rings. The number of piperidine rings is 1. The van der Waals surface area contributed by atoms with Gasteiger partial charge >= 0.3 is 0 Å². The van der Waals surface area contributed by atoms with E-state index in [4.69, 9.17) is 0 Å². The van der Waals surface area contributed by atoms with Crippen LogP contribution in [0.15, 0.2) is 42.5 Å². The zero-order chi connectivity index (χ0) is 18.5. The number of carbonyl (C=O) groups excluding carboxylic acids is 2. The number of nitrogens with one attached hydrogen (secondary N) is 1. The molecule has 0 radical (unpaired) electrons. The highest BCUT2D eigenvalue weighted by molar-refractivity contribution is 7.13. The van der Waals surface area contributed by atoms with Crippen LogP contribution in [-0.2, 0) is 4.79 Å². The summed E-state index contributed by atoms with van der Waals surface area (Å²) < 4.78 is 0. The van der Waals surface area contributed by atoms with E-state index in [9.17, 15) is 9.59 Å². The molecular weight excluding hydrogens is 344 g/mol. The van der Waals surface area contributed by atoms with E-state index in [1.54, 1.807) is 0 Å². The second-order valence-electron chi connectivity index (χ2n) is 6.85. The summed E-state index contributed by atoms with van der Waals surface area (Å²) in [7, 11) is 0. The van der Waals surface area contributed by atoms with Gasteiger partial charge in [0.1, 0.15) is 0 Å². The van der Waals surface area contributed by atoms with E-state index in [1.165, 1.54) is 11.3 Å². The van der Waals surface area contributed by atoms with Crippen molar-refractivity contribution in [1.29, 1.82) is 0 Å². The van der Waals surface area contributed by atoms with Gasteiger partial charge in [-0.2, -0.15) is 0 Å². The Morgan fingerprint density at radius 3 is 2.42 bits per heavy atom. The van der Waals surface area contributed by atoms with E-state index in [1.807, 2.05) is 54.3 Å². The summed E-state index contributed by atoms with van der Waals surface area (Å²) in [5.41, 5.74) is 1.09. The highest BCUT2D eigenvalue weighted by Gasteiger charge is 2.29. The highest BCUT2D eigenvalue weighted by atomic mass is 32.1. The number of thiophene rings is 1. The van der Waals surface area contributed by atoms with Crippen molar-refractivity contribution in [3.05, 3.63) is 57.8 Å². The van der Waals surface area contributed by atoms with Crippen LogP contribution < -0.4 is 5.32 Å². The smallest absolute Gasteiger partial charge is 0.261 e. The maximum Gasteiger partial charge on any atom is 0.261 e. The van der Waals surface area contributed by atoms with Crippen LogP contribution in [0.3, 0.4) is 0 Å². The Kier molecular flexibility index (Phi) is 6.09. The van der Waals surface area contributed by atoms with Crippen molar-refractivity contribution in [2.75, 3.05) is 13.1 Å². The van der Waals surface area contributed by atoms with Crippen LogP contribution in [0.25, 0.3) is 0 Å². The molecular formula is C21H26N2O2S. The van der Waals surface area contributed by atoms with E-state index in [0.29, 0.717) is 13.1 Å². The van der Waals surface area contributed by atoms with Crippen LogP contribution in [-0.4, -0.2) is 35.8 Å². The zero-order valence-electron chi connectivity index (χ0n) is 15.4. The molecule has 1 saturated heterocycles. The molecule has 1 aliphatic heterocycles. The molecule has 0 aliphatic carbocycles. The summed E-state index contributed by atoms with van der Waals surface area (Å²) in [5, 5.41) is 3.12. The lowest BCUT2D eigenvalue weighted by atomic mass is 9.93. The van der Waals surface area contributed by atoms with Crippen molar-refractivity contribution in [1.82, 2.24) is 10.2 Å². The molecule has 1 aromatic heterocycles. The van der Waals surface area contributed by atoms with Gasteiger partial charge in [0.25, 0.3) is 5.91 Å². The molecule has 0 spiro atoms. The lowest BCUT2D eigenvalue weighted by molar-refractivity contribution is -0.134. The lowest BCUT2D eigenvalue weighted by Gasteiger charge is -2.34. The fourth-order valence-corrected chi connectivity index (χ4v) is 4.29. The number of hydrogen-bond donors (Lipinski definition) is 1. The fraction of sp³-hybridized carbons (Fsp3) is 0.429. The second-order valence-corrected chi connectivity index (χ2v) is 8.14. The predicted octanol–water partition coefficient (Wildman–Crippen LogP) is 3.97. The number of nitrogens with zero attached hydrogens (tertiary/aromatic N) is 1. The van der Waals surface area contributed by atoms with E-state index >= 15 is 0 Å². The highest BCUT2D eigenvalue weighted by Crippen LogP contribution is 2.24. The van der Waals surface area contributed by atoms with E-state index in [2.05, 4.69) is 12.2 Å². The number of hydrogen-bond acceptors (Lipinski definition) is 3. The Labute approximate surface area is 159 Å². The van der Waals surface area contributed by atoms with Gasteiger partial charge < -0.3 is 10.2 Å². The minimum Gasteiger partial charge on any atom is -0.348 e. The van der Waals surface area contributed by atoms with Crippen molar-refractivity contribution < 1.29 is 9.59 Å². The normalized spacial score (nSPS) is 16.3. The lowest BCUT2D eigenvalue weighted by Crippen LogP contribution is -2.47. The van der Waals surface area contributed by atoms with Crippen LogP contribution in [0, 0.1) is 6.92 Å². The first-order chi connectivity index (χ1) is 12.6. The second kappa shape index (κ2) is 8.49. The molecule has 0 saturated carbocycles. The maximum absolute atomic E-state index is 12.9. The monoisotopic (exact) mass is 370 g/mol. The van der Waals surface area contributed by atoms with Gasteiger partial charge in [0.15, 0.2) is 0 Å². The van der Waals surface area contributed by atoms with Gasteiger partial charge in [0.05, 0.1) is 10.8 Å². The van der Waals surface area contributed by atoms with Crippen LogP contribution in [0.4, 0.5) is 0 Å². The number of carbonyl (C=O) groups is 2. The predicted molar refractivity (Wildman–Crippen MR) is 106 cm³/mol. The minimum atomic E-state index is -0.0727. The molecule has 138 valence electrons. The molecule has 2 heterocycles. The summed E-state index contributed by atoms with van der Waals surface area (Å²) >= 11 is 1.52. The van der Waals surface area contributed by atoms with Gasteiger partial charge in [-0.15, -0.1) is 11.3 Å². The van der Waals surface area contributed by atoms with Gasteiger partial charge in [-0.05, 0) is 43.9 Å². The Morgan fingerprint density at radius 1 is 1.15 bits per heavy atom. The molecule has 3 rings (SSSR count). The Hall–Kier alpha value is -2.14. The topological polar surface area (TPSA) is 49.4 Å². The maximum atomic E-state index is 12.9. The molecule has 1 atom stereocenters. The molecule has 5 heteroatoms. The number of aryl methyl sites for hydroxylation is 1. The molecule has 0 bridgehead atoms. The number of benzene rings is 1. The third-order valence-corrected chi connectivity index (χ3v) is 6.01. The first-order valence-corrected chi connectivity index (χ1v) is 10.1. The summed E-state index contributed by atoms with van der Waals surface area (Å²) in [4.78, 5) is 29.1. The van der Waals surface area contributed by atoms with Crippen LogP contribution in [0.5, 0.6) is 0 Å². The summed E-state index contributed by atoms with van der Waals surface area (Å²) in [6, 6.07) is 14.0. The minimum absolute atomic E-state index is 0.00333. The number of likely N-dealkylation sites (tertiary alicyclic amines) is 1. The van der Waals surface area contributed by atoms with Crippen molar-refractivity contribution in [3.63, 3.8) is 0 Å². The molecule has 1 fully saturated rings. The number of amides is 2. The third kappa shape index (κ3) is 4.33. The molecule has 1 unspecified atom stereocenters. The van der Waals surface area contributed by atoms with E-state index < -0.39 is 0 Å². The van der Waals surface area contributed by atoms with E-state index in [-0.39, 0.29) is 23.8 Å². The molecule has 1 aliphatic rings. The average Bonchev–Trinajstić information content (AvgIpc) is 3.10. The Balaban J connectivity index is 1.54. The zero-order valence-corrected chi connectivity index (χ0v) is 16.2. The van der Waals surface area contributed by atoms with Gasteiger partial charge in [0.2, 0.25) is 5.91 Å². The largest absolute Gasteiger partial charge is 0.348 e. The Bertz CT molecular complexity index is 748. The van der Waals surface area contributed by atoms with Crippen molar-refractivity contribution in [2.45, 2.75) is 45.1 Å². The van der Waals surface area contributed by atoms with Crippen molar-refractivity contribution >= 4 is 23.2 Å². The van der Waals surface area contributed by atoms with Crippen LogP contribution in [0.1, 0.15) is 52.2 Å². The molecule has 4 nitrogen and oxygen atoms in total. The van der Waals surface area contributed by atoms with Gasteiger partial charge in [0, 0.05) is 24.0 Å². The van der Waals surface area contributed by atoms with Crippen LogP contribution in [0.2, 0.25) is 0 Å². The Morgan fingerprint density at radius 2 is 1.85 bits per heavy atom. The summed E-state index contributed by atoms with van der Waals surface area (Å²) in [5.74, 6) is 0.136. The SMILES string of the molecule is CCC(C(=O)N1CCC(NC(=O)c2ccc(C)s2)CC1)c1ccccc1. The average molecular weight is 371 g/mol. The van der Waals surface area contributed by atoms with Crippen LogP contribution >= 0.6 is 11.3 Å². The van der Waals surface area contributed by atoms with Gasteiger partial charge in [-0.1, -0.05) is 37.3 Å². The third-order valence-electron chi connectivity index (χ3n) is 5.01. The molecule has 1 aromatic carbocycles. The number of rotatable bonds is 5. The molecule has 26 heavy (non-hydrogen) atoms. The summed E-state index contributed by atoms with van der Waals surface area (Å²) in [6.07, 6.45) is 2.43. The van der Waals surface area contributed by atoms with Crippen molar-refractivity contribution in [3.8, 4) is 0 Å². The van der Waals surface area contributed by atoms with Gasteiger partial charge in [-0.3, -0.25) is 9.59 Å². The molecule has 1 N–H and O–H groups in total. The first kappa shape index (κ1) is 18.6. The standard InChI is InChI=1S/C21H26N2O2S/c1-3-18(16-7-5-4-6-8-16)21(25)23-13-11-17(12-14-23)22-20(24)19-10-9-15(2)26-19/h4-10,17-18H,3,11-14H2,1-2H3,(H,22,24). The summed E-state index contributed by atoms with van der Waals surface area (Å²) in [6.45, 7) is 5.47.